The maximum atomic E-state index is 14.4. The molecule has 0 bridgehead atoms. The van der Waals surface area contributed by atoms with Crippen LogP contribution in [0.5, 0.6) is 0 Å². The first-order valence-electron chi connectivity index (χ1n) is 8.47. The zero-order valence-corrected chi connectivity index (χ0v) is 14.5. The van der Waals surface area contributed by atoms with E-state index in [0.717, 1.165) is 41.1 Å². The second kappa shape index (κ2) is 5.95. The standard InChI is InChI=1S/C19H20FN5.2H2/c1-11(2)7-21-19-22-8-15-14(4-5-17(15)24-19)13-6-16(20)18-23-12(3)9-25(18)10-13;;/h4,6,8-11H,5,7H2,1-3H3,(H,21,22,24);2*1H. The lowest BCUT2D eigenvalue weighted by atomic mass is 10.0. The zero-order valence-electron chi connectivity index (χ0n) is 14.5. The first kappa shape index (κ1) is 15.7. The maximum absolute atomic E-state index is 14.4. The number of hydrogen-bond donors (Lipinski definition) is 1. The molecule has 1 N–H and O–H groups in total. The number of fused-ring (bicyclic) bond motifs is 2. The van der Waals surface area contributed by atoms with Crippen molar-refractivity contribution in [3.63, 3.8) is 0 Å². The molecule has 3 aromatic rings. The van der Waals surface area contributed by atoms with Crippen LogP contribution in [0.15, 0.2) is 30.7 Å². The number of nitrogens with zero attached hydrogens (tertiary/aromatic N) is 4. The Morgan fingerprint density at radius 3 is 2.96 bits per heavy atom. The minimum absolute atomic E-state index is 0. The molecule has 1 aliphatic carbocycles. The predicted molar refractivity (Wildman–Crippen MR) is 100 cm³/mol. The van der Waals surface area contributed by atoms with Gasteiger partial charge in [-0.2, -0.15) is 0 Å². The van der Waals surface area contributed by atoms with Crippen LogP contribution in [0.4, 0.5) is 10.3 Å². The Balaban J connectivity index is 0.00000131. The highest BCUT2D eigenvalue weighted by Gasteiger charge is 2.20. The number of rotatable bonds is 4. The molecule has 0 amide bonds. The molecule has 0 aromatic carbocycles. The highest BCUT2D eigenvalue weighted by atomic mass is 19.1. The first-order chi connectivity index (χ1) is 12.0. The second-order valence-corrected chi connectivity index (χ2v) is 6.84. The van der Waals surface area contributed by atoms with Gasteiger partial charge in [0.1, 0.15) is 0 Å². The van der Waals surface area contributed by atoms with Gasteiger partial charge in [0.05, 0.1) is 11.4 Å². The van der Waals surface area contributed by atoms with Gasteiger partial charge in [-0.15, -0.1) is 0 Å². The average Bonchev–Trinajstić information content (AvgIpc) is 3.15. The third kappa shape index (κ3) is 2.88. The van der Waals surface area contributed by atoms with Crippen LogP contribution in [0.1, 0.15) is 39.2 Å². The van der Waals surface area contributed by atoms with Gasteiger partial charge in [-0.1, -0.05) is 19.9 Å². The number of nitrogens with one attached hydrogen (secondary N) is 1. The van der Waals surface area contributed by atoms with E-state index in [0.29, 0.717) is 17.5 Å². The van der Waals surface area contributed by atoms with Crippen molar-refractivity contribution in [2.24, 2.45) is 5.92 Å². The van der Waals surface area contributed by atoms with Crippen molar-refractivity contribution in [3.8, 4) is 0 Å². The van der Waals surface area contributed by atoms with Crippen molar-refractivity contribution in [1.29, 1.82) is 0 Å². The normalized spacial score (nSPS) is 13.4. The van der Waals surface area contributed by atoms with E-state index < -0.39 is 0 Å². The molecule has 5 nitrogen and oxygen atoms in total. The van der Waals surface area contributed by atoms with Gasteiger partial charge in [-0.3, -0.25) is 0 Å². The molecule has 0 unspecified atom stereocenters. The maximum Gasteiger partial charge on any atom is 0.222 e. The lowest BCUT2D eigenvalue weighted by molar-refractivity contribution is 0.629. The van der Waals surface area contributed by atoms with Gasteiger partial charge in [-0.25, -0.2) is 19.3 Å². The van der Waals surface area contributed by atoms with E-state index >= 15 is 0 Å². The van der Waals surface area contributed by atoms with Crippen LogP contribution in [-0.2, 0) is 6.42 Å². The van der Waals surface area contributed by atoms with Crippen LogP contribution in [0, 0.1) is 18.7 Å². The number of anilines is 1. The molecule has 3 aromatic heterocycles. The largest absolute Gasteiger partial charge is 0.354 e. The Hall–Kier alpha value is -2.76. The molecule has 6 heteroatoms. The van der Waals surface area contributed by atoms with Crippen LogP contribution >= 0.6 is 0 Å². The second-order valence-electron chi connectivity index (χ2n) is 6.84. The summed E-state index contributed by atoms with van der Waals surface area (Å²) in [7, 11) is 0. The SMILES string of the molecule is Cc1cn2cc(C3=CCc4nc(NCC(C)C)ncc43)cc(F)c2n1.[HH].[HH]. The number of pyridine rings is 1. The number of aromatic nitrogens is 4. The minimum atomic E-state index is -0.323. The van der Waals surface area contributed by atoms with Crippen molar-refractivity contribution < 1.29 is 7.24 Å². The summed E-state index contributed by atoms with van der Waals surface area (Å²) in [5.74, 6) is 0.851. The summed E-state index contributed by atoms with van der Waals surface area (Å²) < 4.78 is 16.1. The highest BCUT2D eigenvalue weighted by Crippen LogP contribution is 2.32. The molecule has 0 aliphatic heterocycles. The Bertz CT molecular complexity index is 997. The van der Waals surface area contributed by atoms with Gasteiger partial charge in [0.25, 0.3) is 0 Å². The third-order valence-electron chi connectivity index (χ3n) is 4.26. The minimum Gasteiger partial charge on any atom is -0.354 e. The number of aryl methyl sites for hydroxylation is 1. The number of halogens is 1. The first-order valence-corrected chi connectivity index (χ1v) is 8.47. The summed E-state index contributed by atoms with van der Waals surface area (Å²) in [5.41, 5.74) is 4.86. The molecule has 0 radical (unpaired) electrons. The van der Waals surface area contributed by atoms with Crippen molar-refractivity contribution >= 4 is 17.2 Å². The van der Waals surface area contributed by atoms with Crippen molar-refractivity contribution in [2.45, 2.75) is 27.2 Å². The van der Waals surface area contributed by atoms with Gasteiger partial charge < -0.3 is 9.72 Å². The summed E-state index contributed by atoms with van der Waals surface area (Å²) >= 11 is 0. The topological polar surface area (TPSA) is 55.1 Å². The van der Waals surface area contributed by atoms with Crippen LogP contribution in [0.2, 0.25) is 0 Å². The molecule has 25 heavy (non-hydrogen) atoms. The molecule has 1 aliphatic rings. The summed E-state index contributed by atoms with van der Waals surface area (Å²) in [5, 5.41) is 3.25. The Morgan fingerprint density at radius 2 is 2.16 bits per heavy atom. The van der Waals surface area contributed by atoms with Gasteiger partial charge in [0.2, 0.25) is 5.95 Å². The van der Waals surface area contributed by atoms with Gasteiger partial charge in [0.15, 0.2) is 11.5 Å². The van der Waals surface area contributed by atoms with E-state index in [1.165, 1.54) is 6.07 Å². The van der Waals surface area contributed by atoms with Crippen LogP contribution in [-0.4, -0.2) is 25.9 Å². The number of allylic oxidation sites excluding steroid dienone is 1. The quantitative estimate of drug-likeness (QED) is 0.775. The summed E-state index contributed by atoms with van der Waals surface area (Å²) in [6, 6.07) is 1.54. The molecule has 132 valence electrons. The molecule has 0 fully saturated rings. The van der Waals surface area contributed by atoms with Crippen LogP contribution < -0.4 is 5.32 Å². The van der Waals surface area contributed by atoms with Crippen molar-refractivity contribution in [2.75, 3.05) is 11.9 Å². The molecular weight excluding hydrogens is 317 g/mol. The smallest absolute Gasteiger partial charge is 0.222 e. The molecule has 3 heterocycles. The van der Waals surface area contributed by atoms with Crippen molar-refractivity contribution in [1.82, 2.24) is 19.4 Å². The molecule has 0 saturated carbocycles. The predicted octanol–water partition coefficient (Wildman–Crippen LogP) is 4.12. The fraction of sp³-hybridized carbons (Fsp3) is 0.316. The summed E-state index contributed by atoms with van der Waals surface area (Å²) in [4.78, 5) is 13.2. The molecular formula is C19H24FN5. The van der Waals surface area contributed by atoms with Gasteiger partial charge in [-0.05, 0) is 24.5 Å². The van der Waals surface area contributed by atoms with Gasteiger partial charge >= 0.3 is 0 Å². The van der Waals surface area contributed by atoms with E-state index in [1.807, 2.05) is 25.5 Å². The van der Waals surface area contributed by atoms with E-state index in [1.54, 1.807) is 4.40 Å². The fourth-order valence-electron chi connectivity index (χ4n) is 3.09. The van der Waals surface area contributed by atoms with E-state index in [2.05, 4.69) is 40.2 Å². The van der Waals surface area contributed by atoms with E-state index in [9.17, 15) is 4.39 Å². The molecule has 0 saturated heterocycles. The number of imidazole rings is 1. The Labute approximate surface area is 148 Å². The Morgan fingerprint density at radius 1 is 1.32 bits per heavy atom. The van der Waals surface area contributed by atoms with Crippen LogP contribution in [0.25, 0.3) is 11.2 Å². The summed E-state index contributed by atoms with van der Waals surface area (Å²) in [6.45, 7) is 6.97. The fourth-order valence-corrected chi connectivity index (χ4v) is 3.09. The molecule has 4 rings (SSSR count). The lowest BCUT2D eigenvalue weighted by Gasteiger charge is -2.10. The van der Waals surface area contributed by atoms with E-state index in [4.69, 9.17) is 0 Å². The third-order valence-corrected chi connectivity index (χ3v) is 4.26. The molecule has 0 atom stereocenters. The number of hydrogen-bond acceptors (Lipinski definition) is 4. The lowest BCUT2D eigenvalue weighted by Crippen LogP contribution is -2.11. The monoisotopic (exact) mass is 341 g/mol. The van der Waals surface area contributed by atoms with Gasteiger partial charge in [0, 0.05) is 45.5 Å². The average molecular weight is 341 g/mol. The summed E-state index contributed by atoms with van der Waals surface area (Å²) in [6.07, 6.45) is 8.37. The van der Waals surface area contributed by atoms with Crippen LogP contribution in [0.3, 0.4) is 0 Å². The Kier molecular flexibility index (Phi) is 3.75. The highest BCUT2D eigenvalue weighted by molar-refractivity contribution is 5.84. The molecule has 0 spiro atoms. The van der Waals surface area contributed by atoms with Crippen molar-refractivity contribution in [3.05, 3.63) is 59.1 Å². The zero-order chi connectivity index (χ0) is 17.6. The van der Waals surface area contributed by atoms with E-state index in [-0.39, 0.29) is 8.67 Å².